The number of aromatic nitrogens is 2. The molecule has 1 aromatic heterocycles. The third kappa shape index (κ3) is 4.66. The monoisotopic (exact) mass is 345 g/mol. The lowest BCUT2D eigenvalue weighted by molar-refractivity contribution is -0.137. The number of aryl methyl sites for hydroxylation is 1. The van der Waals surface area contributed by atoms with Gasteiger partial charge in [0.2, 0.25) is 17.6 Å². The van der Waals surface area contributed by atoms with Crippen molar-refractivity contribution in [3.63, 3.8) is 0 Å². The molecule has 0 aliphatic carbocycles. The molecule has 0 aliphatic heterocycles. The minimum absolute atomic E-state index is 0.167. The summed E-state index contributed by atoms with van der Waals surface area (Å²) in [5.41, 5.74) is 1.59. The molecule has 25 heavy (non-hydrogen) atoms. The first-order chi connectivity index (χ1) is 11.9. The van der Waals surface area contributed by atoms with Crippen LogP contribution in [0, 0.1) is 6.92 Å². The summed E-state index contributed by atoms with van der Waals surface area (Å²) in [5, 5.41) is 11.8. The molecule has 0 bridgehead atoms. The normalized spacial score (nSPS) is 11.5. The number of carbonyl (C=O) groups is 2. The Balaban J connectivity index is 2.31. The van der Waals surface area contributed by atoms with E-state index in [0.717, 1.165) is 5.56 Å². The quantitative estimate of drug-likeness (QED) is 0.786. The Labute approximate surface area is 144 Å². The SMILES string of the molecule is COc1cc(OC)nc(C(=O)NC(CC(=O)O)c2ccccc2C)n1. The van der Waals surface area contributed by atoms with Crippen LogP contribution in [0.4, 0.5) is 0 Å². The number of ether oxygens (including phenoxy) is 2. The largest absolute Gasteiger partial charge is 0.481 e. The van der Waals surface area contributed by atoms with Crippen molar-refractivity contribution in [2.75, 3.05) is 14.2 Å². The van der Waals surface area contributed by atoms with E-state index in [9.17, 15) is 9.59 Å². The van der Waals surface area contributed by atoms with Crippen LogP contribution in [-0.4, -0.2) is 41.2 Å². The molecule has 0 saturated heterocycles. The lowest BCUT2D eigenvalue weighted by Crippen LogP contribution is -2.32. The first kappa shape index (κ1) is 18.2. The Kier molecular flexibility index (Phi) is 5.89. The highest BCUT2D eigenvalue weighted by molar-refractivity contribution is 5.91. The van der Waals surface area contributed by atoms with Gasteiger partial charge in [-0.3, -0.25) is 9.59 Å². The highest BCUT2D eigenvalue weighted by Gasteiger charge is 2.22. The summed E-state index contributed by atoms with van der Waals surface area (Å²) < 4.78 is 10.0. The lowest BCUT2D eigenvalue weighted by Gasteiger charge is -2.19. The lowest BCUT2D eigenvalue weighted by atomic mass is 9.98. The van der Waals surface area contributed by atoms with Gasteiger partial charge in [-0.1, -0.05) is 24.3 Å². The maximum atomic E-state index is 12.5. The molecule has 0 radical (unpaired) electrons. The molecule has 0 spiro atoms. The van der Waals surface area contributed by atoms with E-state index in [-0.39, 0.29) is 24.0 Å². The van der Waals surface area contributed by atoms with Crippen molar-refractivity contribution in [3.05, 3.63) is 47.3 Å². The molecule has 1 aromatic carbocycles. The van der Waals surface area contributed by atoms with Crippen LogP contribution in [0.25, 0.3) is 0 Å². The molecular formula is C17H19N3O5. The second-order valence-electron chi connectivity index (χ2n) is 5.26. The van der Waals surface area contributed by atoms with Gasteiger partial charge in [-0.2, -0.15) is 9.97 Å². The second kappa shape index (κ2) is 8.09. The Morgan fingerprint density at radius 3 is 2.28 bits per heavy atom. The molecule has 8 nitrogen and oxygen atoms in total. The van der Waals surface area contributed by atoms with E-state index >= 15 is 0 Å². The van der Waals surface area contributed by atoms with Gasteiger partial charge in [-0.05, 0) is 18.1 Å². The first-order valence-electron chi connectivity index (χ1n) is 7.49. The molecule has 1 heterocycles. The number of hydrogen-bond acceptors (Lipinski definition) is 6. The third-order valence-electron chi connectivity index (χ3n) is 3.55. The van der Waals surface area contributed by atoms with Crippen molar-refractivity contribution >= 4 is 11.9 Å². The maximum Gasteiger partial charge on any atom is 0.305 e. The van der Waals surface area contributed by atoms with Crippen LogP contribution in [0.3, 0.4) is 0 Å². The van der Waals surface area contributed by atoms with Crippen molar-refractivity contribution in [2.45, 2.75) is 19.4 Å². The highest BCUT2D eigenvalue weighted by Crippen LogP contribution is 2.22. The van der Waals surface area contributed by atoms with Crippen LogP contribution >= 0.6 is 0 Å². The summed E-state index contributed by atoms with van der Waals surface area (Å²) >= 11 is 0. The zero-order valence-corrected chi connectivity index (χ0v) is 14.1. The van der Waals surface area contributed by atoms with Gasteiger partial charge in [-0.25, -0.2) is 0 Å². The fourth-order valence-corrected chi connectivity index (χ4v) is 2.33. The van der Waals surface area contributed by atoms with Crippen molar-refractivity contribution < 1.29 is 24.2 Å². The first-order valence-corrected chi connectivity index (χ1v) is 7.49. The third-order valence-corrected chi connectivity index (χ3v) is 3.55. The number of carbonyl (C=O) groups excluding carboxylic acids is 1. The van der Waals surface area contributed by atoms with Gasteiger partial charge in [0, 0.05) is 0 Å². The molecule has 2 N–H and O–H groups in total. The van der Waals surface area contributed by atoms with Crippen LogP contribution in [0.1, 0.15) is 34.2 Å². The molecule has 0 fully saturated rings. The van der Waals surface area contributed by atoms with E-state index in [1.165, 1.54) is 20.3 Å². The van der Waals surface area contributed by atoms with Gasteiger partial charge in [0.1, 0.15) is 0 Å². The Morgan fingerprint density at radius 1 is 1.16 bits per heavy atom. The van der Waals surface area contributed by atoms with Crippen LogP contribution in [0.5, 0.6) is 11.8 Å². The molecule has 2 aromatic rings. The number of nitrogens with zero attached hydrogens (tertiary/aromatic N) is 2. The van der Waals surface area contributed by atoms with E-state index < -0.39 is 17.9 Å². The molecule has 132 valence electrons. The van der Waals surface area contributed by atoms with Crippen molar-refractivity contribution in [1.29, 1.82) is 0 Å². The van der Waals surface area contributed by atoms with Gasteiger partial charge in [0.25, 0.3) is 5.91 Å². The summed E-state index contributed by atoms with van der Waals surface area (Å²) in [4.78, 5) is 31.7. The molecule has 0 saturated carbocycles. The topological polar surface area (TPSA) is 111 Å². The molecule has 2 rings (SSSR count). The average Bonchev–Trinajstić information content (AvgIpc) is 2.60. The summed E-state index contributed by atoms with van der Waals surface area (Å²) in [6.45, 7) is 1.85. The van der Waals surface area contributed by atoms with Crippen molar-refractivity contribution in [3.8, 4) is 11.8 Å². The van der Waals surface area contributed by atoms with Gasteiger partial charge < -0.3 is 19.9 Å². The number of amides is 1. The van der Waals surface area contributed by atoms with Crippen LogP contribution < -0.4 is 14.8 Å². The van der Waals surface area contributed by atoms with Gasteiger partial charge in [-0.15, -0.1) is 0 Å². The summed E-state index contributed by atoms with van der Waals surface area (Å²) in [6, 6.07) is 7.97. The van der Waals surface area contributed by atoms with E-state index in [4.69, 9.17) is 14.6 Å². The molecule has 1 unspecified atom stereocenters. The van der Waals surface area contributed by atoms with E-state index in [1.54, 1.807) is 12.1 Å². The smallest absolute Gasteiger partial charge is 0.305 e. The molecular weight excluding hydrogens is 326 g/mol. The zero-order valence-electron chi connectivity index (χ0n) is 14.1. The molecule has 1 atom stereocenters. The zero-order chi connectivity index (χ0) is 18.4. The fraction of sp³-hybridized carbons (Fsp3) is 0.294. The van der Waals surface area contributed by atoms with Gasteiger partial charge >= 0.3 is 5.97 Å². The van der Waals surface area contributed by atoms with Crippen molar-refractivity contribution in [1.82, 2.24) is 15.3 Å². The number of carboxylic acids is 1. The standard InChI is InChI=1S/C17H19N3O5/c1-10-6-4-5-7-11(10)12(8-15(21)22)18-17(23)16-19-13(24-2)9-14(20-16)25-3/h4-7,9,12H,8H2,1-3H3,(H,18,23)(H,21,22). The molecule has 8 heteroatoms. The number of aliphatic carboxylic acids is 1. The summed E-state index contributed by atoms with van der Waals surface area (Å²) in [5.74, 6) is -1.48. The van der Waals surface area contributed by atoms with Gasteiger partial charge in [0.05, 0.1) is 32.7 Å². The Hall–Kier alpha value is -3.16. The van der Waals surface area contributed by atoms with E-state index in [0.29, 0.717) is 5.56 Å². The second-order valence-corrected chi connectivity index (χ2v) is 5.26. The number of benzene rings is 1. The number of hydrogen-bond donors (Lipinski definition) is 2. The predicted octanol–water partition coefficient (Wildman–Crippen LogP) is 1.75. The highest BCUT2D eigenvalue weighted by atomic mass is 16.5. The number of rotatable bonds is 7. The van der Waals surface area contributed by atoms with Crippen LogP contribution in [-0.2, 0) is 4.79 Å². The van der Waals surface area contributed by atoms with E-state index in [2.05, 4.69) is 15.3 Å². The fourth-order valence-electron chi connectivity index (χ4n) is 2.33. The average molecular weight is 345 g/mol. The molecule has 0 aliphatic rings. The van der Waals surface area contributed by atoms with E-state index in [1.807, 2.05) is 19.1 Å². The Morgan fingerprint density at radius 2 is 1.76 bits per heavy atom. The maximum absolute atomic E-state index is 12.5. The van der Waals surface area contributed by atoms with Crippen LogP contribution in [0.15, 0.2) is 30.3 Å². The summed E-state index contributed by atoms with van der Waals surface area (Å²) in [6.07, 6.45) is -0.266. The van der Waals surface area contributed by atoms with Crippen LogP contribution in [0.2, 0.25) is 0 Å². The number of nitrogens with one attached hydrogen (secondary N) is 1. The van der Waals surface area contributed by atoms with Crippen molar-refractivity contribution in [2.24, 2.45) is 0 Å². The minimum atomic E-state index is -1.03. The number of methoxy groups -OCH3 is 2. The summed E-state index contributed by atoms with van der Waals surface area (Å²) in [7, 11) is 2.81. The molecule has 1 amide bonds. The predicted molar refractivity (Wildman–Crippen MR) is 88.8 cm³/mol. The number of carboxylic acid groups (broad SMARTS) is 1. The van der Waals surface area contributed by atoms with Gasteiger partial charge in [0.15, 0.2) is 0 Å². The minimum Gasteiger partial charge on any atom is -0.481 e. The Bertz CT molecular complexity index is 756.